The van der Waals surface area contributed by atoms with Crippen molar-refractivity contribution in [2.75, 3.05) is 24.6 Å². The second-order valence-electron chi connectivity index (χ2n) is 27.4. The summed E-state index contributed by atoms with van der Waals surface area (Å²) in [5, 5.41) is 74.6. The van der Waals surface area contributed by atoms with Crippen molar-refractivity contribution in [2.24, 2.45) is 23.3 Å². The number of aliphatic hydroxyl groups is 1. The predicted octanol–water partition coefficient (Wildman–Crippen LogP) is -4.06. The number of aromatic nitrogens is 4. The van der Waals surface area contributed by atoms with Crippen LogP contribution in [0.25, 0.3) is 21.8 Å². The smallest absolute Gasteiger partial charge is 0.328 e. The first-order valence-corrected chi connectivity index (χ1v) is 38.7. The third kappa shape index (κ3) is 28.2. The lowest BCUT2D eigenvalue weighted by Crippen LogP contribution is -2.61. The minimum absolute atomic E-state index is 0.0204. The highest BCUT2D eigenvalue weighted by Gasteiger charge is 2.39. The quantitative estimate of drug-likeness (QED) is 0.0114. The van der Waals surface area contributed by atoms with E-state index in [0.29, 0.717) is 39.4 Å². The summed E-state index contributed by atoms with van der Waals surface area (Å²) in [5.74, 6) is -20.7. The number of primary amides is 1. The van der Waals surface area contributed by atoms with Gasteiger partial charge in [0.1, 0.15) is 66.5 Å². The van der Waals surface area contributed by atoms with Crippen molar-refractivity contribution in [1.82, 2.24) is 94.4 Å². The number of nitrogens with zero attached hydrogens (tertiary/aromatic N) is 1. The molecule has 0 unspecified atom stereocenters. The first-order valence-electron chi connectivity index (χ1n) is 36.2. The molecule has 614 valence electrons. The molecule has 1 saturated heterocycles. The van der Waals surface area contributed by atoms with Gasteiger partial charge in [-0.25, -0.2) is 9.78 Å². The van der Waals surface area contributed by atoms with Crippen LogP contribution >= 0.6 is 21.6 Å². The number of aromatic amines is 3. The van der Waals surface area contributed by atoms with Crippen LogP contribution in [0.4, 0.5) is 0 Å². The molecule has 25 N–H and O–H groups in total. The summed E-state index contributed by atoms with van der Waals surface area (Å²) in [7, 11) is 1.59. The zero-order valence-corrected chi connectivity index (χ0v) is 64.7. The summed E-state index contributed by atoms with van der Waals surface area (Å²) >= 11 is 0. The lowest BCUT2D eigenvalue weighted by molar-refractivity contribution is -0.145. The molecule has 0 radical (unpaired) electrons. The van der Waals surface area contributed by atoms with Gasteiger partial charge in [0.15, 0.2) is 12.0 Å². The maximum atomic E-state index is 15.1. The highest BCUT2D eigenvalue weighted by Crippen LogP contribution is 2.26. The van der Waals surface area contributed by atoms with Gasteiger partial charge in [-0.05, 0) is 68.2 Å². The number of hydrogen-bond acceptors (Lipinski definition) is 21. The zero-order chi connectivity index (χ0) is 83.3. The van der Waals surface area contributed by atoms with Crippen molar-refractivity contribution in [3.63, 3.8) is 0 Å². The first-order chi connectivity index (χ1) is 53.5. The van der Waals surface area contributed by atoms with Gasteiger partial charge in [-0.3, -0.25) is 77.3 Å². The number of hydrogen-bond donors (Lipinski definition) is 23. The molecule has 0 spiro atoms. The average molecular weight is 1610 g/mol. The van der Waals surface area contributed by atoms with Crippen LogP contribution in [0.5, 0.6) is 0 Å². The van der Waals surface area contributed by atoms with Crippen LogP contribution in [0.2, 0.25) is 0 Å². The minimum atomic E-state index is -2.06. The van der Waals surface area contributed by atoms with Crippen molar-refractivity contribution < 1.29 is 92.0 Å². The number of carboxylic acid groups (broad SMARTS) is 2. The Morgan fingerprint density at radius 3 is 1.70 bits per heavy atom. The number of H-pyrrole nitrogens is 3. The zero-order valence-electron chi connectivity index (χ0n) is 63.1. The Hall–Kier alpha value is -11.8. The van der Waals surface area contributed by atoms with E-state index in [-0.39, 0.29) is 44.3 Å². The summed E-state index contributed by atoms with van der Waals surface area (Å²) in [6.07, 6.45) is 0.607. The number of carbonyl (C=O) groups excluding carboxylic acids is 14. The van der Waals surface area contributed by atoms with Crippen molar-refractivity contribution in [3.8, 4) is 0 Å². The Bertz CT molecular complexity index is 4250. The number of nitrogens with one attached hydrogen (secondary N) is 18. The van der Waals surface area contributed by atoms with Gasteiger partial charge in [0.05, 0.1) is 31.1 Å². The van der Waals surface area contributed by atoms with E-state index in [0.717, 1.165) is 28.5 Å². The summed E-state index contributed by atoms with van der Waals surface area (Å²) in [5.41, 5.74) is 13.3. The molecule has 40 nitrogen and oxygen atoms in total. The van der Waals surface area contributed by atoms with Crippen LogP contribution in [-0.4, -0.2) is 239 Å². The topological polar surface area (TPSA) is 638 Å². The van der Waals surface area contributed by atoms with Crippen molar-refractivity contribution in [2.45, 2.75) is 185 Å². The number of carboxylic acids is 2. The Balaban J connectivity index is 1.47. The highest BCUT2D eigenvalue weighted by atomic mass is 33.1. The van der Waals surface area contributed by atoms with Gasteiger partial charge in [0.25, 0.3) is 0 Å². The maximum absolute atomic E-state index is 15.1. The molecule has 4 heterocycles. The summed E-state index contributed by atoms with van der Waals surface area (Å²) in [4.78, 5) is 238. The number of amides is 14. The molecule has 3 aromatic heterocycles. The second kappa shape index (κ2) is 43.7. The Morgan fingerprint density at radius 1 is 0.619 bits per heavy atom. The number of nitrogens with two attached hydrogens (primary N) is 2. The minimum Gasteiger partial charge on any atom is -0.481 e. The van der Waals surface area contributed by atoms with E-state index in [4.69, 9.17) is 16.9 Å². The van der Waals surface area contributed by atoms with Crippen molar-refractivity contribution in [1.29, 1.82) is 5.41 Å². The van der Waals surface area contributed by atoms with Gasteiger partial charge in [-0.2, -0.15) is 0 Å². The van der Waals surface area contributed by atoms with E-state index in [2.05, 4.69) is 94.4 Å². The predicted molar refractivity (Wildman–Crippen MR) is 412 cm³/mol. The Morgan fingerprint density at radius 2 is 1.15 bits per heavy atom. The van der Waals surface area contributed by atoms with Gasteiger partial charge in [-0.15, -0.1) is 0 Å². The molecule has 1 aliphatic rings. The summed E-state index contributed by atoms with van der Waals surface area (Å²) in [6.45, 7) is 8.95. The van der Waals surface area contributed by atoms with E-state index in [1.54, 1.807) is 68.6 Å². The van der Waals surface area contributed by atoms with Gasteiger partial charge in [0, 0.05) is 91.1 Å². The number of aliphatic carboxylic acids is 2. The van der Waals surface area contributed by atoms with Gasteiger partial charge in [-0.1, -0.05) is 92.1 Å². The molecule has 1 aliphatic heterocycles. The fourth-order valence-corrected chi connectivity index (χ4v) is 14.1. The number of carbonyl (C=O) groups is 16. The summed E-state index contributed by atoms with van der Waals surface area (Å²) in [6, 6.07) is -6.66. The third-order valence-corrected chi connectivity index (χ3v) is 20.6. The van der Waals surface area contributed by atoms with E-state index >= 15 is 14.4 Å². The molecule has 1 fully saturated rings. The fourth-order valence-electron chi connectivity index (χ4n) is 11.8. The van der Waals surface area contributed by atoms with Crippen LogP contribution in [-0.2, 0) is 96.0 Å². The van der Waals surface area contributed by atoms with E-state index in [1.807, 2.05) is 0 Å². The van der Waals surface area contributed by atoms with Crippen LogP contribution in [0.15, 0.2) is 73.4 Å². The molecular weight excluding hydrogens is 1520 g/mol. The first kappa shape index (κ1) is 90.1. The van der Waals surface area contributed by atoms with E-state index < -0.39 is 228 Å². The lowest BCUT2D eigenvalue weighted by atomic mass is 9.97. The van der Waals surface area contributed by atoms with Crippen LogP contribution in [0, 0.1) is 17.2 Å². The molecule has 14 atom stereocenters. The maximum Gasteiger partial charge on any atom is 0.328 e. The molecule has 0 bridgehead atoms. The van der Waals surface area contributed by atoms with Crippen LogP contribution in [0.1, 0.15) is 104 Å². The normalized spacial score (nSPS) is 22.7. The molecule has 14 amide bonds. The number of para-hydroxylation sites is 2. The molecule has 2 aromatic carbocycles. The fraction of sp³-hybridized carbons (Fsp3) is 0.493. The van der Waals surface area contributed by atoms with Crippen molar-refractivity contribution in [3.05, 3.63) is 90.3 Å². The van der Waals surface area contributed by atoms with Crippen molar-refractivity contribution >= 4 is 144 Å². The molecule has 6 rings (SSSR count). The molecule has 5 aromatic rings. The SMILES string of the molecule is CC[C@H](C)[C@H](NC(C)=O)C(=O)N[C@H]1CSSC[C@@H](C(=O)N[C@H](C(=O)O)[C@@H](C)O)NC(=O)[C@H](CCCNC(=N)N)NC(=O)[C@H](Cc2c[nH]cn2)NC(=O)[C@@H](C)NC(=O)CNC(=O)[C@H](Cc2c[nH]c3ccccc23)NC(=O)[C@H](CC(=O)O)NC(=O)[C@H](CCC(N)=O)NC(=O)[C@H](Cc2c[nH]c3ccccc23)NC(=O)[C@H](C(C)C)NC1=O. The standard InChI is InChI=1S/C71H99N21O19S2/c1-8-34(4)57(82-37(7)94)69(109)90-52-31-113-112-30-51(67(107)92-58(36(6)93)70(110)111)89-61(101)45(18-13-21-76-71(73)74)83-64(104)49(24-40-28-75-32-80-40)85-59(99)35(5)81-54(96)29-79-60(100)47(22-38-26-77-43-16-11-9-14-41(38)43)86-65(105)50(25-55(97)98)87-62(102)46(19-20-53(72)95)84-63(103)48(88-68(108)56(33(2)3)91-66(52)106)23-39-27-78-44-17-12-10-15-42(39)44/h9-12,14-17,26-28,32-36,45-52,56-58,77-78,93H,8,13,18-25,29-31H2,1-7H3,(H2,72,95)(H,75,80)(H,79,100)(H,81,96)(H,82,94)(H,83,104)(H,84,103)(H,85,99)(H,86,105)(H,87,102)(H,88,108)(H,89,101)(H,90,109)(H,91,106)(H,92,107)(H,97,98)(H,110,111)(H4,73,74,76)/t34-,35+,36+,45-,46-,47-,48-,49-,50-,51-,52-,56-,57-,58-/m0/s1. The number of fused-ring (bicyclic) bond motifs is 2. The van der Waals surface area contributed by atoms with E-state index in [1.165, 1.54) is 46.4 Å². The largest absolute Gasteiger partial charge is 0.481 e. The Kier molecular flexibility index (Phi) is 34.8. The average Bonchev–Trinajstić information content (AvgIpc) is 1.73. The summed E-state index contributed by atoms with van der Waals surface area (Å²) < 4.78 is 0. The number of rotatable bonds is 25. The molecule has 113 heavy (non-hydrogen) atoms. The number of aliphatic hydroxyl groups excluding tert-OH is 1. The molecule has 0 saturated carbocycles. The molecule has 0 aliphatic carbocycles. The molecule has 42 heteroatoms. The van der Waals surface area contributed by atoms with Crippen LogP contribution < -0.4 is 85.9 Å². The van der Waals surface area contributed by atoms with Gasteiger partial charge >= 0.3 is 11.9 Å². The number of imidazole rings is 1. The third-order valence-electron chi connectivity index (χ3n) is 18.2. The van der Waals surface area contributed by atoms with Gasteiger partial charge in [0.2, 0.25) is 82.7 Å². The highest BCUT2D eigenvalue weighted by molar-refractivity contribution is 8.76. The monoisotopic (exact) mass is 1610 g/mol. The Labute approximate surface area is 655 Å². The van der Waals surface area contributed by atoms with E-state index in [9.17, 15) is 77.6 Å². The molecular formula is C71H99N21O19S2. The number of benzene rings is 2. The number of guanidine groups is 1. The second-order valence-corrected chi connectivity index (χ2v) is 30.0. The lowest BCUT2D eigenvalue weighted by Gasteiger charge is -2.29. The van der Waals surface area contributed by atoms with Crippen LogP contribution in [0.3, 0.4) is 0 Å². The van der Waals surface area contributed by atoms with Gasteiger partial charge < -0.3 is 116 Å².